The van der Waals surface area contributed by atoms with Crippen molar-refractivity contribution in [2.45, 2.75) is 13.5 Å². The molecule has 0 saturated carbocycles. The van der Waals surface area contributed by atoms with Crippen molar-refractivity contribution in [1.29, 1.82) is 0 Å². The van der Waals surface area contributed by atoms with E-state index in [0.29, 0.717) is 12.4 Å². The number of halogens is 2. The first kappa shape index (κ1) is 15.0. The van der Waals surface area contributed by atoms with Crippen molar-refractivity contribution in [3.63, 3.8) is 0 Å². The van der Waals surface area contributed by atoms with Crippen molar-refractivity contribution in [2.75, 3.05) is 12.8 Å². The van der Waals surface area contributed by atoms with Gasteiger partial charge in [-0.2, -0.15) is 0 Å². The third-order valence-corrected chi connectivity index (χ3v) is 1.61. The van der Waals surface area contributed by atoms with Gasteiger partial charge in [0.2, 0.25) is 0 Å². The summed E-state index contributed by atoms with van der Waals surface area (Å²) in [6, 6.07) is 1.92. The molecule has 0 unspecified atom stereocenters. The summed E-state index contributed by atoms with van der Waals surface area (Å²) >= 11 is 0. The maximum absolute atomic E-state index is 5.62. The molecule has 0 atom stereocenters. The summed E-state index contributed by atoms with van der Waals surface area (Å²) < 4.78 is 4.97. The fourth-order valence-electron chi connectivity index (χ4n) is 0.942. The fraction of sp³-hybridized carbons (Fsp3) is 0.375. The van der Waals surface area contributed by atoms with E-state index in [4.69, 9.17) is 10.5 Å². The topological polar surface area (TPSA) is 48.1 Å². The van der Waals surface area contributed by atoms with Gasteiger partial charge in [-0.1, -0.05) is 0 Å². The standard InChI is InChI=1S/C8H12N2O.2ClH/c1-6-3-4-10-8(9)7(6)5-11-2;;/h3-4H,5H2,1-2H3,(H2,9,10);2*1H. The van der Waals surface area contributed by atoms with Crippen LogP contribution in [0.1, 0.15) is 11.1 Å². The predicted molar refractivity (Wildman–Crippen MR) is 58.6 cm³/mol. The van der Waals surface area contributed by atoms with Crippen molar-refractivity contribution >= 4 is 30.6 Å². The lowest BCUT2D eigenvalue weighted by Gasteiger charge is -2.05. The third-order valence-electron chi connectivity index (χ3n) is 1.61. The summed E-state index contributed by atoms with van der Waals surface area (Å²) in [6.07, 6.45) is 1.70. The van der Waals surface area contributed by atoms with E-state index in [2.05, 4.69) is 4.98 Å². The van der Waals surface area contributed by atoms with Crippen LogP contribution < -0.4 is 5.73 Å². The van der Waals surface area contributed by atoms with Crippen LogP contribution in [0.15, 0.2) is 12.3 Å². The van der Waals surface area contributed by atoms with Crippen molar-refractivity contribution in [1.82, 2.24) is 4.98 Å². The molecule has 1 rings (SSSR count). The summed E-state index contributed by atoms with van der Waals surface area (Å²) in [5.74, 6) is 0.562. The van der Waals surface area contributed by atoms with Crippen molar-refractivity contribution < 1.29 is 4.74 Å². The maximum atomic E-state index is 5.62. The number of hydrogen-bond acceptors (Lipinski definition) is 3. The molecule has 5 heteroatoms. The Balaban J connectivity index is 0. The van der Waals surface area contributed by atoms with Crippen LogP contribution in [-0.2, 0) is 11.3 Å². The minimum atomic E-state index is 0. The Morgan fingerprint density at radius 2 is 2.08 bits per heavy atom. The second-order valence-corrected chi connectivity index (χ2v) is 2.42. The van der Waals surface area contributed by atoms with E-state index in [1.165, 1.54) is 0 Å². The van der Waals surface area contributed by atoms with E-state index in [9.17, 15) is 0 Å². The van der Waals surface area contributed by atoms with Gasteiger partial charge in [0.25, 0.3) is 0 Å². The molecule has 1 aromatic heterocycles. The highest BCUT2D eigenvalue weighted by molar-refractivity contribution is 5.85. The van der Waals surface area contributed by atoms with E-state index in [0.717, 1.165) is 11.1 Å². The van der Waals surface area contributed by atoms with Gasteiger partial charge in [-0.15, -0.1) is 24.8 Å². The SMILES string of the molecule is COCc1c(C)ccnc1N.Cl.Cl. The minimum absolute atomic E-state index is 0. The molecule has 76 valence electrons. The molecule has 1 heterocycles. The molecule has 0 amide bonds. The van der Waals surface area contributed by atoms with Gasteiger partial charge in [0.1, 0.15) is 5.82 Å². The quantitative estimate of drug-likeness (QED) is 0.836. The Morgan fingerprint density at radius 3 is 2.54 bits per heavy atom. The highest BCUT2D eigenvalue weighted by Crippen LogP contribution is 2.13. The summed E-state index contributed by atoms with van der Waals surface area (Å²) in [6.45, 7) is 2.53. The van der Waals surface area contributed by atoms with E-state index < -0.39 is 0 Å². The van der Waals surface area contributed by atoms with Gasteiger partial charge in [0.05, 0.1) is 6.61 Å². The molecule has 0 radical (unpaired) electrons. The largest absolute Gasteiger partial charge is 0.383 e. The van der Waals surface area contributed by atoms with E-state index in [1.54, 1.807) is 13.3 Å². The molecular formula is C8H14Cl2N2O. The lowest BCUT2D eigenvalue weighted by molar-refractivity contribution is 0.184. The van der Waals surface area contributed by atoms with E-state index in [1.807, 2.05) is 13.0 Å². The molecule has 2 N–H and O–H groups in total. The lowest BCUT2D eigenvalue weighted by atomic mass is 10.1. The van der Waals surface area contributed by atoms with Crippen LogP contribution in [0.25, 0.3) is 0 Å². The molecule has 0 fully saturated rings. The molecule has 0 bridgehead atoms. The van der Waals surface area contributed by atoms with Gasteiger partial charge in [0, 0.05) is 18.9 Å². The van der Waals surface area contributed by atoms with Crippen molar-refractivity contribution in [3.8, 4) is 0 Å². The van der Waals surface area contributed by atoms with Crippen LogP contribution in [0.3, 0.4) is 0 Å². The van der Waals surface area contributed by atoms with Crippen LogP contribution in [-0.4, -0.2) is 12.1 Å². The van der Waals surface area contributed by atoms with Gasteiger partial charge in [-0.3, -0.25) is 0 Å². The van der Waals surface area contributed by atoms with Crippen LogP contribution in [0.5, 0.6) is 0 Å². The van der Waals surface area contributed by atoms with Gasteiger partial charge < -0.3 is 10.5 Å². The Morgan fingerprint density at radius 1 is 1.46 bits per heavy atom. The Labute approximate surface area is 90.5 Å². The molecule has 0 spiro atoms. The predicted octanol–water partition coefficient (Wildman–Crippen LogP) is 1.96. The molecule has 0 aromatic carbocycles. The number of nitrogen functional groups attached to an aromatic ring is 1. The average molecular weight is 225 g/mol. The molecular weight excluding hydrogens is 211 g/mol. The highest BCUT2D eigenvalue weighted by atomic mass is 35.5. The second-order valence-electron chi connectivity index (χ2n) is 2.42. The summed E-state index contributed by atoms with van der Waals surface area (Å²) in [5.41, 5.74) is 7.72. The van der Waals surface area contributed by atoms with Gasteiger partial charge in [-0.25, -0.2) is 4.98 Å². The van der Waals surface area contributed by atoms with E-state index >= 15 is 0 Å². The molecule has 0 saturated heterocycles. The van der Waals surface area contributed by atoms with Crippen LogP contribution in [0, 0.1) is 6.92 Å². The number of hydrogen-bond donors (Lipinski definition) is 1. The number of nitrogens with zero attached hydrogens (tertiary/aromatic N) is 1. The molecule has 0 aliphatic heterocycles. The monoisotopic (exact) mass is 224 g/mol. The number of pyridine rings is 1. The molecule has 1 aromatic rings. The fourth-order valence-corrected chi connectivity index (χ4v) is 0.942. The smallest absolute Gasteiger partial charge is 0.129 e. The molecule has 13 heavy (non-hydrogen) atoms. The normalized spacial score (nSPS) is 8.46. The zero-order valence-corrected chi connectivity index (χ0v) is 9.24. The molecule has 3 nitrogen and oxygen atoms in total. The first-order valence-electron chi connectivity index (χ1n) is 3.44. The average Bonchev–Trinajstić information content (AvgIpc) is 1.97. The highest BCUT2D eigenvalue weighted by Gasteiger charge is 2.01. The van der Waals surface area contributed by atoms with E-state index in [-0.39, 0.29) is 24.8 Å². The zero-order valence-electron chi connectivity index (χ0n) is 7.61. The van der Waals surface area contributed by atoms with Gasteiger partial charge in [0.15, 0.2) is 0 Å². The first-order valence-corrected chi connectivity index (χ1v) is 3.44. The first-order chi connectivity index (χ1) is 5.25. The maximum Gasteiger partial charge on any atom is 0.129 e. The summed E-state index contributed by atoms with van der Waals surface area (Å²) in [7, 11) is 1.64. The number of aromatic nitrogens is 1. The lowest BCUT2D eigenvalue weighted by Crippen LogP contribution is -2.00. The Bertz CT molecular complexity index is 236. The van der Waals surface area contributed by atoms with Crippen molar-refractivity contribution in [3.05, 3.63) is 23.4 Å². The summed E-state index contributed by atoms with van der Waals surface area (Å²) in [5, 5.41) is 0. The molecule has 0 aliphatic carbocycles. The number of aryl methyl sites for hydroxylation is 1. The van der Waals surface area contributed by atoms with Crippen LogP contribution in [0.2, 0.25) is 0 Å². The third kappa shape index (κ3) is 3.81. The van der Waals surface area contributed by atoms with Crippen LogP contribution >= 0.6 is 24.8 Å². The summed E-state index contributed by atoms with van der Waals surface area (Å²) in [4.78, 5) is 3.96. The van der Waals surface area contributed by atoms with Gasteiger partial charge in [-0.05, 0) is 18.6 Å². The molecule has 0 aliphatic rings. The Kier molecular flexibility index (Phi) is 8.01. The van der Waals surface area contributed by atoms with Gasteiger partial charge >= 0.3 is 0 Å². The minimum Gasteiger partial charge on any atom is -0.383 e. The number of methoxy groups -OCH3 is 1. The number of nitrogens with two attached hydrogens (primary N) is 1. The van der Waals surface area contributed by atoms with Crippen molar-refractivity contribution in [2.24, 2.45) is 0 Å². The number of anilines is 1. The number of ether oxygens (including phenoxy) is 1. The zero-order chi connectivity index (χ0) is 8.27. The van der Waals surface area contributed by atoms with Crippen LogP contribution in [0.4, 0.5) is 5.82 Å². The second kappa shape index (κ2) is 6.95. The Hall–Kier alpha value is -0.510. The number of rotatable bonds is 2.